The molecule has 0 saturated heterocycles. The van der Waals surface area contributed by atoms with Crippen LogP contribution in [-0.2, 0) is 0 Å². The van der Waals surface area contributed by atoms with Crippen LogP contribution in [0.3, 0.4) is 0 Å². The van der Waals surface area contributed by atoms with Gasteiger partial charge in [-0.3, -0.25) is 0 Å². The highest BCUT2D eigenvalue weighted by Crippen LogP contribution is 2.25. The summed E-state index contributed by atoms with van der Waals surface area (Å²) >= 11 is 3.31. The zero-order valence-electron chi connectivity index (χ0n) is 8.63. The molecular formula is C11H15BrFNO. The Kier molecular flexibility index (Phi) is 4.70. The maximum atomic E-state index is 13.7. The van der Waals surface area contributed by atoms with Crippen LogP contribution >= 0.6 is 15.9 Å². The van der Waals surface area contributed by atoms with E-state index in [1.54, 1.807) is 19.1 Å². The number of halogens is 2. The second-order valence-electron chi connectivity index (χ2n) is 3.60. The largest absolute Gasteiger partial charge is 0.396 e. The summed E-state index contributed by atoms with van der Waals surface area (Å²) in [7, 11) is 0. The van der Waals surface area contributed by atoms with Crippen LogP contribution in [0.25, 0.3) is 0 Å². The molecule has 0 aliphatic carbocycles. The highest BCUT2D eigenvalue weighted by molar-refractivity contribution is 9.10. The zero-order valence-corrected chi connectivity index (χ0v) is 10.2. The average Bonchev–Trinajstić information content (AvgIpc) is 2.19. The number of aryl methyl sites for hydroxylation is 1. The molecule has 15 heavy (non-hydrogen) atoms. The molecule has 2 nitrogen and oxygen atoms in total. The smallest absolute Gasteiger partial charge is 0.130 e. The lowest BCUT2D eigenvalue weighted by molar-refractivity contribution is 0.279. The van der Waals surface area contributed by atoms with E-state index in [-0.39, 0.29) is 18.5 Å². The summed E-state index contributed by atoms with van der Waals surface area (Å²) in [5.41, 5.74) is 6.94. The van der Waals surface area contributed by atoms with Crippen molar-refractivity contribution in [3.05, 3.63) is 33.5 Å². The van der Waals surface area contributed by atoms with Gasteiger partial charge in [0, 0.05) is 22.7 Å². The first kappa shape index (κ1) is 12.6. The molecule has 0 amide bonds. The Labute approximate surface area is 97.4 Å². The fourth-order valence-corrected chi connectivity index (χ4v) is 2.08. The molecule has 0 unspecified atom stereocenters. The minimum atomic E-state index is -0.353. The van der Waals surface area contributed by atoms with Gasteiger partial charge in [0.05, 0.1) is 0 Å². The number of nitrogens with two attached hydrogens (primary N) is 1. The second kappa shape index (κ2) is 5.58. The third-order valence-electron chi connectivity index (χ3n) is 2.32. The normalized spacial score (nSPS) is 12.9. The molecule has 0 bridgehead atoms. The Bertz CT molecular complexity index is 344. The third kappa shape index (κ3) is 3.26. The Morgan fingerprint density at radius 3 is 2.80 bits per heavy atom. The summed E-state index contributed by atoms with van der Waals surface area (Å²) < 4.78 is 14.5. The van der Waals surface area contributed by atoms with Crippen LogP contribution < -0.4 is 5.73 Å². The van der Waals surface area contributed by atoms with Crippen LogP contribution in [0.4, 0.5) is 4.39 Å². The molecule has 0 saturated carbocycles. The Hall–Kier alpha value is -0.450. The molecule has 1 aromatic rings. The number of rotatable bonds is 4. The first-order chi connectivity index (χ1) is 7.06. The van der Waals surface area contributed by atoms with Crippen LogP contribution in [-0.4, -0.2) is 11.7 Å². The number of hydrogen-bond acceptors (Lipinski definition) is 2. The molecule has 0 aliphatic rings. The molecule has 4 heteroatoms. The lowest BCUT2D eigenvalue weighted by atomic mass is 10.0. The van der Waals surface area contributed by atoms with Crippen molar-refractivity contribution < 1.29 is 9.50 Å². The number of benzene rings is 1. The first-order valence-electron chi connectivity index (χ1n) is 4.88. The fourth-order valence-electron chi connectivity index (χ4n) is 1.49. The summed E-state index contributed by atoms with van der Waals surface area (Å²) in [6, 6.07) is 3.07. The summed E-state index contributed by atoms with van der Waals surface area (Å²) in [6.45, 7) is 1.80. The maximum absolute atomic E-state index is 13.7. The molecular weight excluding hydrogens is 261 g/mol. The molecule has 1 atom stereocenters. The summed E-state index contributed by atoms with van der Waals surface area (Å²) in [5, 5.41) is 8.68. The number of aliphatic hydroxyl groups excluding tert-OH is 1. The summed E-state index contributed by atoms with van der Waals surface area (Å²) in [6.07, 6.45) is 1.18. The predicted molar refractivity (Wildman–Crippen MR) is 62.1 cm³/mol. The molecule has 0 spiro atoms. The van der Waals surface area contributed by atoms with Crippen LogP contribution in [0, 0.1) is 12.7 Å². The van der Waals surface area contributed by atoms with Crippen molar-refractivity contribution in [1.82, 2.24) is 0 Å². The van der Waals surface area contributed by atoms with Crippen LogP contribution in [0.15, 0.2) is 16.6 Å². The standard InChI is InChI=1S/C11H15BrFNO/c1-7-5-8(12)6-9(11(7)13)10(14)3-2-4-15/h5-6,10,15H,2-4,14H2,1H3/t10-/m0/s1. The molecule has 1 aromatic carbocycles. The van der Waals surface area contributed by atoms with Gasteiger partial charge in [0.1, 0.15) is 5.82 Å². The Morgan fingerprint density at radius 1 is 1.53 bits per heavy atom. The van der Waals surface area contributed by atoms with Gasteiger partial charge >= 0.3 is 0 Å². The van der Waals surface area contributed by atoms with Gasteiger partial charge in [-0.25, -0.2) is 4.39 Å². The molecule has 3 N–H and O–H groups in total. The van der Waals surface area contributed by atoms with Crippen molar-refractivity contribution in [2.75, 3.05) is 6.61 Å². The molecule has 84 valence electrons. The molecule has 0 aliphatic heterocycles. The van der Waals surface area contributed by atoms with Crippen molar-refractivity contribution in [2.24, 2.45) is 5.73 Å². The van der Waals surface area contributed by atoms with Gasteiger partial charge in [0.15, 0.2) is 0 Å². The SMILES string of the molecule is Cc1cc(Br)cc([C@@H](N)CCCO)c1F. The van der Waals surface area contributed by atoms with Gasteiger partial charge < -0.3 is 10.8 Å². The molecule has 0 heterocycles. The van der Waals surface area contributed by atoms with Crippen molar-refractivity contribution >= 4 is 15.9 Å². The molecule has 1 rings (SSSR count). The molecule has 0 aromatic heterocycles. The van der Waals surface area contributed by atoms with Crippen molar-refractivity contribution in [3.63, 3.8) is 0 Å². The lowest BCUT2D eigenvalue weighted by Crippen LogP contribution is -2.13. The van der Waals surface area contributed by atoms with Crippen LogP contribution in [0.2, 0.25) is 0 Å². The van der Waals surface area contributed by atoms with E-state index in [1.165, 1.54) is 0 Å². The Balaban J connectivity index is 2.92. The van der Waals surface area contributed by atoms with Crippen LogP contribution in [0.5, 0.6) is 0 Å². The van der Waals surface area contributed by atoms with Gasteiger partial charge in [0.2, 0.25) is 0 Å². The monoisotopic (exact) mass is 275 g/mol. The van der Waals surface area contributed by atoms with E-state index >= 15 is 0 Å². The summed E-state index contributed by atoms with van der Waals surface area (Å²) in [5.74, 6) is -0.247. The van der Waals surface area contributed by atoms with E-state index in [9.17, 15) is 4.39 Å². The minimum absolute atomic E-state index is 0.0856. The van der Waals surface area contributed by atoms with Crippen molar-refractivity contribution in [3.8, 4) is 0 Å². The first-order valence-corrected chi connectivity index (χ1v) is 5.67. The van der Waals surface area contributed by atoms with E-state index in [0.29, 0.717) is 24.0 Å². The minimum Gasteiger partial charge on any atom is -0.396 e. The van der Waals surface area contributed by atoms with Crippen molar-refractivity contribution in [2.45, 2.75) is 25.8 Å². The van der Waals surface area contributed by atoms with Gasteiger partial charge in [-0.2, -0.15) is 0 Å². The van der Waals surface area contributed by atoms with Crippen LogP contribution in [0.1, 0.15) is 30.0 Å². The highest BCUT2D eigenvalue weighted by atomic mass is 79.9. The fraction of sp³-hybridized carbons (Fsp3) is 0.455. The van der Waals surface area contributed by atoms with Gasteiger partial charge in [-0.05, 0) is 37.5 Å². The molecule has 0 radical (unpaired) electrons. The lowest BCUT2D eigenvalue weighted by Gasteiger charge is -2.14. The second-order valence-corrected chi connectivity index (χ2v) is 4.51. The average molecular weight is 276 g/mol. The number of aliphatic hydroxyl groups is 1. The van der Waals surface area contributed by atoms with E-state index in [2.05, 4.69) is 15.9 Å². The van der Waals surface area contributed by atoms with E-state index in [4.69, 9.17) is 10.8 Å². The van der Waals surface area contributed by atoms with Gasteiger partial charge in [-0.15, -0.1) is 0 Å². The molecule has 0 fully saturated rings. The van der Waals surface area contributed by atoms with E-state index < -0.39 is 0 Å². The maximum Gasteiger partial charge on any atom is 0.130 e. The zero-order chi connectivity index (χ0) is 11.4. The van der Waals surface area contributed by atoms with Gasteiger partial charge in [-0.1, -0.05) is 15.9 Å². The number of hydrogen-bond donors (Lipinski definition) is 2. The highest BCUT2D eigenvalue weighted by Gasteiger charge is 2.13. The quantitative estimate of drug-likeness (QED) is 0.888. The van der Waals surface area contributed by atoms with E-state index in [1.807, 2.05) is 0 Å². The summed E-state index contributed by atoms with van der Waals surface area (Å²) in [4.78, 5) is 0. The predicted octanol–water partition coefficient (Wildman–Crippen LogP) is 2.67. The van der Waals surface area contributed by atoms with Gasteiger partial charge in [0.25, 0.3) is 0 Å². The van der Waals surface area contributed by atoms with Crippen molar-refractivity contribution in [1.29, 1.82) is 0 Å². The van der Waals surface area contributed by atoms with E-state index in [0.717, 1.165) is 4.47 Å². The topological polar surface area (TPSA) is 46.2 Å². The third-order valence-corrected chi connectivity index (χ3v) is 2.78. The Morgan fingerprint density at radius 2 is 2.20 bits per heavy atom.